The molecule has 3 rings (SSSR count). The molecule has 0 aliphatic carbocycles. The highest BCUT2D eigenvalue weighted by atomic mass is 16.8. The minimum Gasteiger partial charge on any atom is -0.477 e. The van der Waals surface area contributed by atoms with Crippen molar-refractivity contribution < 1.29 is 104 Å². The highest BCUT2D eigenvalue weighted by molar-refractivity contribution is 5.77. The van der Waals surface area contributed by atoms with E-state index in [1.165, 1.54) is 154 Å². The quantitative estimate of drug-likeness (QED) is 0.0243. The van der Waals surface area contributed by atoms with Gasteiger partial charge in [-0.3, -0.25) is 9.59 Å². The molecule has 2 amide bonds. The third-order valence-electron chi connectivity index (χ3n) is 17.6. The van der Waals surface area contributed by atoms with Crippen LogP contribution in [0.5, 0.6) is 0 Å². The van der Waals surface area contributed by atoms with Crippen molar-refractivity contribution in [3.63, 3.8) is 0 Å². The van der Waals surface area contributed by atoms with E-state index in [2.05, 4.69) is 36.6 Å². The zero-order chi connectivity index (χ0) is 66.1. The second-order valence-corrected chi connectivity index (χ2v) is 25.4. The monoisotopic (exact) mass is 1290 g/mol. The first kappa shape index (κ1) is 81.4. The Morgan fingerprint density at radius 3 is 1.51 bits per heavy atom. The summed E-state index contributed by atoms with van der Waals surface area (Å²) in [6.07, 6.45) is 18.0. The fraction of sp³-hybridized carbons (Fsp3) is 0.896. The topological polar surface area (TPSA) is 373 Å². The first-order valence-corrected chi connectivity index (χ1v) is 34.7. The molecule has 3 fully saturated rings. The predicted octanol–water partition coefficient (Wildman–Crippen LogP) is 6.06. The number of amides is 2. The van der Waals surface area contributed by atoms with Gasteiger partial charge in [-0.2, -0.15) is 0 Å². The number of hydrogen-bond acceptors (Lipinski definition) is 20. The number of carboxylic acid groups (broad SMARTS) is 1. The molecule has 3 aliphatic rings. The summed E-state index contributed by atoms with van der Waals surface area (Å²) in [7, 11) is 0. The lowest BCUT2D eigenvalue weighted by Crippen LogP contribution is -2.70. The van der Waals surface area contributed by atoms with Gasteiger partial charge in [0.25, 0.3) is 5.79 Å². The molecule has 0 bridgehead atoms. The number of aliphatic carboxylic acids is 1. The molecule has 0 saturated carbocycles. The van der Waals surface area contributed by atoms with Crippen LogP contribution in [0.25, 0.3) is 0 Å². The molecular weight excluding hydrogens is 1170 g/mol. The molecular formula is C67H122N2O21. The normalized spacial score (nSPS) is 28.7. The van der Waals surface area contributed by atoms with Crippen LogP contribution in [0.4, 0.5) is 0 Å². The summed E-state index contributed by atoms with van der Waals surface area (Å²) in [4.78, 5) is 38.5. The van der Waals surface area contributed by atoms with E-state index < -0.39 is 155 Å². The third-order valence-corrected chi connectivity index (χ3v) is 17.6. The van der Waals surface area contributed by atoms with E-state index in [0.29, 0.717) is 12.8 Å². The van der Waals surface area contributed by atoms with Gasteiger partial charge in [-0.1, -0.05) is 205 Å². The van der Waals surface area contributed by atoms with Crippen molar-refractivity contribution in [1.82, 2.24) is 10.6 Å². The Labute approximate surface area is 536 Å². The fourth-order valence-corrected chi connectivity index (χ4v) is 12.1. The molecule has 0 spiro atoms. The number of aliphatic hydroxyl groups excluding tert-OH is 11. The van der Waals surface area contributed by atoms with Crippen LogP contribution < -0.4 is 10.6 Å². The second-order valence-electron chi connectivity index (χ2n) is 25.4. The number of aliphatic hydroxyl groups is 11. The van der Waals surface area contributed by atoms with Crippen LogP contribution >= 0.6 is 0 Å². The summed E-state index contributed by atoms with van der Waals surface area (Å²) in [6, 6.07) is -2.62. The van der Waals surface area contributed by atoms with E-state index in [9.17, 15) is 75.7 Å². The lowest BCUT2D eigenvalue weighted by molar-refractivity contribution is -0.386. The maximum atomic E-state index is 13.4. The number of ether oxygens (including phenoxy) is 6. The molecule has 3 aliphatic heterocycles. The smallest absolute Gasteiger partial charge is 0.364 e. The van der Waals surface area contributed by atoms with E-state index in [-0.39, 0.29) is 12.3 Å². The van der Waals surface area contributed by atoms with Gasteiger partial charge in [-0.15, -0.1) is 0 Å². The number of unbranched alkanes of at least 4 members (excludes halogenated alkanes) is 30. The average molecular weight is 1290 g/mol. The summed E-state index contributed by atoms with van der Waals surface area (Å²) in [6.45, 7) is 2.12. The predicted molar refractivity (Wildman–Crippen MR) is 338 cm³/mol. The first-order chi connectivity index (χ1) is 43.4. The molecule has 18 atom stereocenters. The molecule has 526 valence electrons. The van der Waals surface area contributed by atoms with E-state index in [0.717, 1.165) is 51.9 Å². The molecule has 90 heavy (non-hydrogen) atoms. The SMILES string of the molecule is CCCCCCCCC=CCCCCCCCCCCCCCCCC(=O)N[C@@H](CO[C@@H]1O[C@H](CO)[C@@H](O[C@@H]2O[C@H](CO)[C@H](O)[C@H](O[C@]3(C(=O)O)C[C@H](O)[C@@H](NC(C)=O)C([C@H](O)[C@H](O)CO)O3)[C@H]2O)[C@H](O)C1O)[C@H](O)C=CCCCCCCCCCCCCC. The lowest BCUT2D eigenvalue weighted by Gasteiger charge is -2.50. The molecule has 0 aromatic carbocycles. The zero-order valence-corrected chi connectivity index (χ0v) is 54.7. The van der Waals surface area contributed by atoms with Gasteiger partial charge in [-0.05, 0) is 44.9 Å². The van der Waals surface area contributed by atoms with Gasteiger partial charge in [-0.25, -0.2) is 4.79 Å². The van der Waals surface area contributed by atoms with E-state index >= 15 is 0 Å². The van der Waals surface area contributed by atoms with Crippen LogP contribution in [0.1, 0.15) is 245 Å². The molecule has 0 aromatic heterocycles. The summed E-state index contributed by atoms with van der Waals surface area (Å²) in [5.41, 5.74) is 0. The maximum absolute atomic E-state index is 13.4. The number of allylic oxidation sites excluding steroid dienone is 3. The van der Waals surface area contributed by atoms with Crippen molar-refractivity contribution in [2.24, 2.45) is 0 Å². The molecule has 3 saturated heterocycles. The standard InChI is InChI=1S/C67H122N2O21/c1-4-6-8-10-12-14-16-18-19-20-21-22-23-24-25-26-27-29-31-33-35-37-39-41-54(77)69-48(49(74)40-38-36-34-32-30-28-17-15-13-11-9-7-5-2)46-85-64-59(81)58(80)61(53(45-72)87-64)88-65-60(82)63(57(79)52(44-71)86-65)90-67(66(83)84)42-50(75)55(68-47(3)73)62(89-67)56(78)51(76)43-70/h18-19,38,40,48-53,55-65,70-72,74-76,78-82H,4-17,20-37,39,41-46H2,1-3H3,(H,68,73)(H,69,77)(H,83,84)/t48-,49+,50-,51+,52+,53+,55+,56+,57-,58+,59?,60+,61+,62?,63-,64+,65-,67-/m0/s1. The van der Waals surface area contributed by atoms with Crippen LogP contribution in [0.2, 0.25) is 0 Å². The molecule has 0 radical (unpaired) electrons. The Morgan fingerprint density at radius 1 is 0.578 bits per heavy atom. The van der Waals surface area contributed by atoms with Crippen molar-refractivity contribution >= 4 is 17.8 Å². The van der Waals surface area contributed by atoms with Gasteiger partial charge in [0.15, 0.2) is 12.6 Å². The zero-order valence-electron chi connectivity index (χ0n) is 54.7. The Bertz CT molecular complexity index is 1920. The summed E-state index contributed by atoms with van der Waals surface area (Å²) >= 11 is 0. The third kappa shape index (κ3) is 30.3. The van der Waals surface area contributed by atoms with Gasteiger partial charge in [0, 0.05) is 19.8 Å². The Morgan fingerprint density at radius 2 is 1.04 bits per heavy atom. The fourth-order valence-electron chi connectivity index (χ4n) is 12.1. The highest BCUT2D eigenvalue weighted by Gasteiger charge is 2.60. The van der Waals surface area contributed by atoms with Crippen LogP contribution in [-0.4, -0.2) is 215 Å². The summed E-state index contributed by atoms with van der Waals surface area (Å²) < 4.78 is 34.8. The highest BCUT2D eigenvalue weighted by Crippen LogP contribution is 2.39. The number of nitrogens with one attached hydrogen (secondary N) is 2. The minimum absolute atomic E-state index is 0.201. The van der Waals surface area contributed by atoms with Crippen LogP contribution in [0.15, 0.2) is 24.3 Å². The van der Waals surface area contributed by atoms with Gasteiger partial charge in [0.2, 0.25) is 11.8 Å². The number of carboxylic acids is 1. The number of carbonyl (C=O) groups is 3. The number of carbonyl (C=O) groups excluding carboxylic acids is 2. The first-order valence-electron chi connectivity index (χ1n) is 34.7. The van der Waals surface area contributed by atoms with E-state index in [4.69, 9.17) is 28.4 Å². The second kappa shape index (κ2) is 48.0. The van der Waals surface area contributed by atoms with Crippen molar-refractivity contribution in [2.75, 3.05) is 26.4 Å². The Balaban J connectivity index is 1.57. The van der Waals surface area contributed by atoms with Gasteiger partial charge in [0.1, 0.15) is 67.1 Å². The molecule has 3 heterocycles. The van der Waals surface area contributed by atoms with Gasteiger partial charge in [0.05, 0.1) is 50.7 Å². The summed E-state index contributed by atoms with van der Waals surface area (Å²) in [5.74, 6) is -6.14. The van der Waals surface area contributed by atoms with Crippen LogP contribution in [0.3, 0.4) is 0 Å². The molecule has 2 unspecified atom stereocenters. The Kier molecular flexibility index (Phi) is 43.4. The molecule has 14 N–H and O–H groups in total. The number of hydrogen-bond donors (Lipinski definition) is 14. The largest absolute Gasteiger partial charge is 0.477 e. The molecule has 23 heteroatoms. The lowest BCUT2D eigenvalue weighted by atomic mass is 9.88. The van der Waals surface area contributed by atoms with E-state index in [1.807, 2.05) is 6.08 Å². The van der Waals surface area contributed by atoms with Crippen molar-refractivity contribution in [1.29, 1.82) is 0 Å². The molecule has 23 nitrogen and oxygen atoms in total. The van der Waals surface area contributed by atoms with Crippen LogP contribution in [0, 0.1) is 0 Å². The van der Waals surface area contributed by atoms with Crippen molar-refractivity contribution in [3.05, 3.63) is 24.3 Å². The van der Waals surface area contributed by atoms with Gasteiger partial charge >= 0.3 is 5.97 Å². The molecule has 0 aromatic rings. The Hall–Kier alpha value is -2.79. The average Bonchev–Trinajstić information content (AvgIpc) is 0.889. The maximum Gasteiger partial charge on any atom is 0.364 e. The van der Waals surface area contributed by atoms with Gasteiger partial charge < -0.3 is 100 Å². The summed E-state index contributed by atoms with van der Waals surface area (Å²) in [5, 5.41) is 136. The van der Waals surface area contributed by atoms with Crippen molar-refractivity contribution in [3.8, 4) is 0 Å². The number of rotatable bonds is 52. The van der Waals surface area contributed by atoms with Crippen molar-refractivity contribution in [2.45, 2.75) is 355 Å². The minimum atomic E-state index is -3.08. The van der Waals surface area contributed by atoms with Crippen LogP contribution in [-0.2, 0) is 42.8 Å². The van der Waals surface area contributed by atoms with E-state index in [1.54, 1.807) is 6.08 Å².